The first-order valence-corrected chi connectivity index (χ1v) is 5.94. The summed E-state index contributed by atoms with van der Waals surface area (Å²) in [7, 11) is 0. The smallest absolute Gasteiger partial charge is 0.166 e. The Labute approximate surface area is 109 Å². The van der Waals surface area contributed by atoms with E-state index in [-0.39, 0.29) is 0 Å². The van der Waals surface area contributed by atoms with Crippen LogP contribution in [0.5, 0.6) is 5.75 Å². The molecule has 0 spiro atoms. The predicted molar refractivity (Wildman–Crippen MR) is 67.4 cm³/mol. The summed E-state index contributed by atoms with van der Waals surface area (Å²) in [6, 6.07) is 7.18. The maximum atomic E-state index is 6.02. The molecule has 0 aliphatic heterocycles. The number of ether oxygens (including phenoxy) is 1. The van der Waals surface area contributed by atoms with Gasteiger partial charge in [0, 0.05) is 23.0 Å². The fourth-order valence-electron chi connectivity index (χ4n) is 1.35. The minimum atomic E-state index is 0.297. The normalized spacial score (nSPS) is 10.2. The lowest BCUT2D eigenvalue weighted by molar-refractivity contribution is 0.293. The Hall–Kier alpha value is -1.32. The third-order valence-corrected chi connectivity index (χ3v) is 2.81. The molecular weight excluding hydrogens is 259 g/mol. The summed E-state index contributed by atoms with van der Waals surface area (Å²) in [5, 5.41) is 0.603. The quantitative estimate of drug-likeness (QED) is 0.797. The highest BCUT2D eigenvalue weighted by Crippen LogP contribution is 2.28. The van der Waals surface area contributed by atoms with Crippen LogP contribution in [0.1, 0.15) is 11.4 Å². The molecule has 88 valence electrons. The van der Waals surface area contributed by atoms with E-state index in [1.54, 1.807) is 24.5 Å². The van der Waals surface area contributed by atoms with Gasteiger partial charge in [0.05, 0.1) is 5.88 Å². The second kappa shape index (κ2) is 5.84. The van der Waals surface area contributed by atoms with E-state index >= 15 is 0 Å². The summed E-state index contributed by atoms with van der Waals surface area (Å²) in [5.41, 5.74) is 0.784. The van der Waals surface area contributed by atoms with Gasteiger partial charge in [0.1, 0.15) is 12.4 Å². The van der Waals surface area contributed by atoms with E-state index in [4.69, 9.17) is 27.9 Å². The lowest BCUT2D eigenvalue weighted by Gasteiger charge is -2.10. The zero-order valence-electron chi connectivity index (χ0n) is 8.94. The molecule has 2 rings (SSSR count). The molecule has 0 amide bonds. The molecule has 1 aromatic carbocycles. The SMILES string of the molecule is ClCc1c(Cl)cccc1OCc1ncccn1. The number of aromatic nitrogens is 2. The van der Waals surface area contributed by atoms with Crippen molar-refractivity contribution in [3.63, 3.8) is 0 Å². The van der Waals surface area contributed by atoms with E-state index in [1.165, 1.54) is 0 Å². The van der Waals surface area contributed by atoms with E-state index in [2.05, 4.69) is 9.97 Å². The van der Waals surface area contributed by atoms with Crippen LogP contribution in [0.15, 0.2) is 36.7 Å². The van der Waals surface area contributed by atoms with Crippen molar-refractivity contribution in [1.82, 2.24) is 9.97 Å². The van der Waals surface area contributed by atoms with Crippen molar-refractivity contribution in [2.75, 3.05) is 0 Å². The Morgan fingerprint density at radius 3 is 2.59 bits per heavy atom. The summed E-state index contributed by atoms with van der Waals surface area (Å²) < 4.78 is 5.60. The van der Waals surface area contributed by atoms with Crippen LogP contribution in [0.4, 0.5) is 0 Å². The first-order chi connectivity index (χ1) is 8.31. The molecule has 0 bridgehead atoms. The minimum absolute atomic E-state index is 0.297. The van der Waals surface area contributed by atoms with Gasteiger partial charge in [0.2, 0.25) is 0 Å². The molecule has 5 heteroatoms. The first kappa shape index (κ1) is 12.1. The molecule has 2 aromatic rings. The average Bonchev–Trinajstić information content (AvgIpc) is 2.37. The van der Waals surface area contributed by atoms with E-state index in [1.807, 2.05) is 12.1 Å². The van der Waals surface area contributed by atoms with Gasteiger partial charge in [-0.15, -0.1) is 11.6 Å². The van der Waals surface area contributed by atoms with Crippen molar-refractivity contribution in [3.8, 4) is 5.75 Å². The fraction of sp³-hybridized carbons (Fsp3) is 0.167. The Balaban J connectivity index is 2.12. The summed E-state index contributed by atoms with van der Waals surface area (Å²) in [4.78, 5) is 8.14. The summed E-state index contributed by atoms with van der Waals surface area (Å²) >= 11 is 11.8. The van der Waals surface area contributed by atoms with Gasteiger partial charge in [-0.25, -0.2) is 9.97 Å². The van der Waals surface area contributed by atoms with E-state index in [0.29, 0.717) is 29.1 Å². The van der Waals surface area contributed by atoms with Crippen LogP contribution >= 0.6 is 23.2 Å². The molecule has 1 aromatic heterocycles. The fourth-order valence-corrected chi connectivity index (χ4v) is 1.93. The van der Waals surface area contributed by atoms with Crippen LogP contribution in [-0.4, -0.2) is 9.97 Å². The van der Waals surface area contributed by atoms with Crippen LogP contribution in [-0.2, 0) is 12.5 Å². The second-order valence-electron chi connectivity index (χ2n) is 3.30. The van der Waals surface area contributed by atoms with Crippen LogP contribution in [0.25, 0.3) is 0 Å². The van der Waals surface area contributed by atoms with Gasteiger partial charge >= 0.3 is 0 Å². The molecule has 0 radical (unpaired) electrons. The van der Waals surface area contributed by atoms with Crippen molar-refractivity contribution >= 4 is 23.2 Å². The van der Waals surface area contributed by atoms with Gasteiger partial charge in [-0.1, -0.05) is 17.7 Å². The highest BCUT2D eigenvalue weighted by Gasteiger charge is 2.07. The molecule has 0 aliphatic carbocycles. The largest absolute Gasteiger partial charge is 0.485 e. The Bertz CT molecular complexity index is 491. The molecule has 0 N–H and O–H groups in total. The van der Waals surface area contributed by atoms with Crippen molar-refractivity contribution < 1.29 is 4.74 Å². The van der Waals surface area contributed by atoms with E-state index < -0.39 is 0 Å². The van der Waals surface area contributed by atoms with Gasteiger partial charge in [0.25, 0.3) is 0 Å². The van der Waals surface area contributed by atoms with Crippen molar-refractivity contribution in [3.05, 3.63) is 53.1 Å². The molecule has 3 nitrogen and oxygen atoms in total. The Morgan fingerprint density at radius 2 is 1.88 bits per heavy atom. The predicted octanol–water partition coefficient (Wildman–Crippen LogP) is 3.45. The zero-order chi connectivity index (χ0) is 12.1. The van der Waals surface area contributed by atoms with E-state index in [0.717, 1.165) is 5.56 Å². The molecule has 0 saturated carbocycles. The summed E-state index contributed by atoms with van der Waals surface area (Å²) in [6.07, 6.45) is 3.35. The van der Waals surface area contributed by atoms with Crippen LogP contribution in [0, 0.1) is 0 Å². The standard InChI is InChI=1S/C12H10Cl2N2O/c13-7-9-10(14)3-1-4-11(9)17-8-12-15-5-2-6-16-12/h1-6H,7-8H2. The topological polar surface area (TPSA) is 35.0 Å². The minimum Gasteiger partial charge on any atom is -0.485 e. The number of hydrogen-bond donors (Lipinski definition) is 0. The first-order valence-electron chi connectivity index (χ1n) is 5.03. The lowest BCUT2D eigenvalue weighted by atomic mass is 10.2. The monoisotopic (exact) mass is 268 g/mol. The molecule has 1 heterocycles. The van der Waals surface area contributed by atoms with Gasteiger partial charge in [-0.3, -0.25) is 0 Å². The van der Waals surface area contributed by atoms with E-state index in [9.17, 15) is 0 Å². The van der Waals surface area contributed by atoms with Crippen LogP contribution in [0.3, 0.4) is 0 Å². The molecule has 0 aliphatic rings. The zero-order valence-corrected chi connectivity index (χ0v) is 10.4. The maximum Gasteiger partial charge on any atom is 0.166 e. The highest BCUT2D eigenvalue weighted by molar-refractivity contribution is 6.32. The number of rotatable bonds is 4. The van der Waals surface area contributed by atoms with Gasteiger partial charge in [-0.2, -0.15) is 0 Å². The molecular formula is C12H10Cl2N2O. The third kappa shape index (κ3) is 3.08. The molecule has 0 unspecified atom stereocenters. The second-order valence-corrected chi connectivity index (χ2v) is 3.98. The highest BCUT2D eigenvalue weighted by atomic mass is 35.5. The molecule has 0 fully saturated rings. The Kier molecular flexibility index (Phi) is 4.18. The number of hydrogen-bond acceptors (Lipinski definition) is 3. The van der Waals surface area contributed by atoms with Crippen molar-refractivity contribution in [2.45, 2.75) is 12.5 Å². The number of benzene rings is 1. The molecule has 0 saturated heterocycles. The molecule has 17 heavy (non-hydrogen) atoms. The summed E-state index contributed by atoms with van der Waals surface area (Å²) in [5.74, 6) is 1.60. The third-order valence-electron chi connectivity index (χ3n) is 2.19. The van der Waals surface area contributed by atoms with Gasteiger partial charge in [-0.05, 0) is 18.2 Å². The Morgan fingerprint density at radius 1 is 1.12 bits per heavy atom. The van der Waals surface area contributed by atoms with Crippen molar-refractivity contribution in [1.29, 1.82) is 0 Å². The number of alkyl halides is 1. The average molecular weight is 269 g/mol. The number of nitrogens with zero attached hydrogens (tertiary/aromatic N) is 2. The lowest BCUT2D eigenvalue weighted by Crippen LogP contribution is -2.02. The molecule has 0 atom stereocenters. The number of halogens is 2. The summed E-state index contributed by atoms with van der Waals surface area (Å²) in [6.45, 7) is 0.297. The van der Waals surface area contributed by atoms with Crippen LogP contribution in [0.2, 0.25) is 5.02 Å². The van der Waals surface area contributed by atoms with Gasteiger partial charge in [0.15, 0.2) is 5.82 Å². The maximum absolute atomic E-state index is 6.02. The van der Waals surface area contributed by atoms with Crippen LogP contribution < -0.4 is 4.74 Å². The van der Waals surface area contributed by atoms with Gasteiger partial charge < -0.3 is 4.74 Å². The van der Waals surface area contributed by atoms with Crippen molar-refractivity contribution in [2.24, 2.45) is 0 Å².